The predicted octanol–water partition coefficient (Wildman–Crippen LogP) is 4.71. The Kier molecular flexibility index (Phi) is 3.73. The van der Waals surface area contributed by atoms with Crippen LogP contribution in [0.5, 0.6) is 0 Å². The number of para-hydroxylation sites is 1. The van der Waals surface area contributed by atoms with Gasteiger partial charge in [0.2, 0.25) is 0 Å². The average molecular weight is 334 g/mol. The van der Waals surface area contributed by atoms with Gasteiger partial charge in [-0.3, -0.25) is 0 Å². The SMILES string of the molecule is Nc1cccc(F)c1Nc1c(Cl)cc(F)cc1Br. The molecule has 0 saturated carbocycles. The minimum atomic E-state index is -0.512. The third kappa shape index (κ3) is 2.57. The molecule has 3 N–H and O–H groups in total. The molecule has 0 atom stereocenters. The highest BCUT2D eigenvalue weighted by atomic mass is 79.9. The van der Waals surface area contributed by atoms with Gasteiger partial charge in [0.1, 0.15) is 11.6 Å². The highest BCUT2D eigenvalue weighted by Gasteiger charge is 2.12. The molecule has 2 rings (SSSR count). The summed E-state index contributed by atoms with van der Waals surface area (Å²) >= 11 is 9.05. The fourth-order valence-electron chi connectivity index (χ4n) is 1.46. The van der Waals surface area contributed by atoms with E-state index in [1.807, 2.05) is 0 Å². The number of nitrogen functional groups attached to an aromatic ring is 1. The van der Waals surface area contributed by atoms with Crippen LogP contribution >= 0.6 is 27.5 Å². The fraction of sp³-hybridized carbons (Fsp3) is 0. The van der Waals surface area contributed by atoms with Crippen molar-refractivity contribution in [1.82, 2.24) is 0 Å². The van der Waals surface area contributed by atoms with Gasteiger partial charge in [0.05, 0.1) is 22.1 Å². The van der Waals surface area contributed by atoms with Crippen LogP contribution in [0.3, 0.4) is 0 Å². The van der Waals surface area contributed by atoms with Gasteiger partial charge in [0.25, 0.3) is 0 Å². The first kappa shape index (κ1) is 13.1. The van der Waals surface area contributed by atoms with Gasteiger partial charge in [-0.1, -0.05) is 17.7 Å². The summed E-state index contributed by atoms with van der Waals surface area (Å²) in [6.45, 7) is 0. The predicted molar refractivity (Wildman–Crippen MR) is 73.2 cm³/mol. The molecule has 0 bridgehead atoms. The molecule has 6 heteroatoms. The van der Waals surface area contributed by atoms with E-state index < -0.39 is 11.6 Å². The van der Waals surface area contributed by atoms with Crippen LogP contribution in [0.1, 0.15) is 0 Å². The molecule has 0 unspecified atom stereocenters. The van der Waals surface area contributed by atoms with Gasteiger partial charge in [0, 0.05) is 4.47 Å². The molecule has 0 amide bonds. The zero-order valence-corrected chi connectivity index (χ0v) is 11.3. The first-order valence-electron chi connectivity index (χ1n) is 4.94. The van der Waals surface area contributed by atoms with Gasteiger partial charge in [-0.25, -0.2) is 8.78 Å². The third-order valence-corrected chi connectivity index (χ3v) is 3.23. The number of hydrogen-bond acceptors (Lipinski definition) is 2. The van der Waals surface area contributed by atoms with E-state index in [9.17, 15) is 8.78 Å². The van der Waals surface area contributed by atoms with Crippen molar-refractivity contribution in [3.63, 3.8) is 0 Å². The fourth-order valence-corrected chi connectivity index (χ4v) is 2.36. The van der Waals surface area contributed by atoms with Gasteiger partial charge in [0.15, 0.2) is 0 Å². The Bertz CT molecular complexity index is 561. The van der Waals surface area contributed by atoms with Crippen LogP contribution in [0.4, 0.5) is 25.8 Å². The smallest absolute Gasteiger partial charge is 0.148 e. The molecule has 0 aliphatic carbocycles. The van der Waals surface area contributed by atoms with Gasteiger partial charge in [-0.05, 0) is 40.2 Å². The first-order valence-corrected chi connectivity index (χ1v) is 6.11. The standard InChI is InChI=1S/C12H8BrClF2N2/c13-7-4-6(15)5-8(14)11(7)18-12-9(16)2-1-3-10(12)17/h1-5,18H,17H2. The van der Waals surface area contributed by atoms with Crippen molar-refractivity contribution < 1.29 is 8.78 Å². The van der Waals surface area contributed by atoms with Crippen LogP contribution in [-0.2, 0) is 0 Å². The Morgan fingerprint density at radius 2 is 1.89 bits per heavy atom. The maximum atomic E-state index is 13.6. The molecule has 0 aliphatic rings. The Hall–Kier alpha value is -1.33. The molecular weight excluding hydrogens is 325 g/mol. The van der Waals surface area contributed by atoms with Gasteiger partial charge < -0.3 is 11.1 Å². The van der Waals surface area contributed by atoms with Crippen molar-refractivity contribution >= 4 is 44.6 Å². The van der Waals surface area contributed by atoms with Crippen molar-refractivity contribution in [3.8, 4) is 0 Å². The summed E-state index contributed by atoms with van der Waals surface area (Å²) in [6, 6.07) is 6.68. The van der Waals surface area contributed by atoms with Crippen LogP contribution in [0, 0.1) is 11.6 Å². The molecule has 0 aliphatic heterocycles. The van der Waals surface area contributed by atoms with Gasteiger partial charge in [-0.2, -0.15) is 0 Å². The van der Waals surface area contributed by atoms with E-state index in [2.05, 4.69) is 21.2 Å². The van der Waals surface area contributed by atoms with Crippen LogP contribution in [-0.4, -0.2) is 0 Å². The van der Waals surface area contributed by atoms with E-state index >= 15 is 0 Å². The number of benzene rings is 2. The number of rotatable bonds is 2. The molecular formula is C12H8BrClF2N2. The molecule has 0 spiro atoms. The van der Waals surface area contributed by atoms with Crippen LogP contribution in [0.2, 0.25) is 5.02 Å². The lowest BCUT2D eigenvalue weighted by Gasteiger charge is -2.13. The van der Waals surface area contributed by atoms with Gasteiger partial charge in [-0.15, -0.1) is 0 Å². The molecule has 0 aromatic heterocycles. The molecule has 94 valence electrons. The van der Waals surface area contributed by atoms with Crippen molar-refractivity contribution in [2.24, 2.45) is 0 Å². The second-order valence-electron chi connectivity index (χ2n) is 3.57. The number of nitrogens with two attached hydrogens (primary N) is 1. The lowest BCUT2D eigenvalue weighted by molar-refractivity contribution is 0.627. The third-order valence-electron chi connectivity index (χ3n) is 2.30. The molecule has 2 aromatic rings. The Labute approximate surface area is 116 Å². The molecule has 2 aromatic carbocycles. The quantitative estimate of drug-likeness (QED) is 0.781. The average Bonchev–Trinajstić information content (AvgIpc) is 2.26. The zero-order chi connectivity index (χ0) is 13.3. The molecule has 2 nitrogen and oxygen atoms in total. The highest BCUT2D eigenvalue weighted by Crippen LogP contribution is 2.36. The Morgan fingerprint density at radius 1 is 1.17 bits per heavy atom. The second kappa shape index (κ2) is 5.12. The zero-order valence-electron chi connectivity index (χ0n) is 8.98. The maximum absolute atomic E-state index is 13.6. The van der Waals surface area contributed by atoms with Crippen molar-refractivity contribution in [2.75, 3.05) is 11.1 Å². The number of halogens is 4. The van der Waals surface area contributed by atoms with E-state index in [1.165, 1.54) is 18.2 Å². The molecule has 0 radical (unpaired) electrons. The summed E-state index contributed by atoms with van der Waals surface area (Å²) in [5.74, 6) is -0.999. The molecule has 0 fully saturated rings. The van der Waals surface area contributed by atoms with Crippen molar-refractivity contribution in [3.05, 3.63) is 51.5 Å². The maximum Gasteiger partial charge on any atom is 0.148 e. The summed E-state index contributed by atoms with van der Waals surface area (Å²) in [5.41, 5.74) is 6.36. The largest absolute Gasteiger partial charge is 0.397 e. The number of anilines is 3. The van der Waals surface area contributed by atoms with Crippen molar-refractivity contribution in [2.45, 2.75) is 0 Å². The van der Waals surface area contributed by atoms with Gasteiger partial charge >= 0.3 is 0 Å². The summed E-state index contributed by atoms with van der Waals surface area (Å²) in [6.07, 6.45) is 0. The number of nitrogens with one attached hydrogen (secondary N) is 1. The normalized spacial score (nSPS) is 10.4. The Balaban J connectivity index is 2.47. The van der Waals surface area contributed by atoms with E-state index in [-0.39, 0.29) is 16.4 Å². The first-order chi connectivity index (χ1) is 8.49. The Morgan fingerprint density at radius 3 is 2.50 bits per heavy atom. The highest BCUT2D eigenvalue weighted by molar-refractivity contribution is 9.10. The summed E-state index contributed by atoms with van der Waals surface area (Å²) in [7, 11) is 0. The van der Waals surface area contributed by atoms with Crippen LogP contribution < -0.4 is 11.1 Å². The summed E-state index contributed by atoms with van der Waals surface area (Å²) < 4.78 is 27.1. The second-order valence-corrected chi connectivity index (χ2v) is 4.84. The van der Waals surface area contributed by atoms with E-state index in [4.69, 9.17) is 17.3 Å². The van der Waals surface area contributed by atoms with Crippen LogP contribution in [0.15, 0.2) is 34.8 Å². The van der Waals surface area contributed by atoms with E-state index in [0.29, 0.717) is 10.2 Å². The summed E-state index contributed by atoms with van der Waals surface area (Å²) in [5, 5.41) is 2.89. The van der Waals surface area contributed by atoms with E-state index in [0.717, 1.165) is 6.07 Å². The van der Waals surface area contributed by atoms with E-state index in [1.54, 1.807) is 6.07 Å². The molecule has 0 heterocycles. The molecule has 18 heavy (non-hydrogen) atoms. The van der Waals surface area contributed by atoms with Crippen LogP contribution in [0.25, 0.3) is 0 Å². The monoisotopic (exact) mass is 332 g/mol. The van der Waals surface area contributed by atoms with Crippen molar-refractivity contribution in [1.29, 1.82) is 0 Å². The minimum absolute atomic E-state index is 0.103. The summed E-state index contributed by atoms with van der Waals surface area (Å²) in [4.78, 5) is 0. The minimum Gasteiger partial charge on any atom is -0.397 e. The lowest BCUT2D eigenvalue weighted by atomic mass is 10.2. The molecule has 0 saturated heterocycles. The topological polar surface area (TPSA) is 38.0 Å². The lowest BCUT2D eigenvalue weighted by Crippen LogP contribution is -2.00. The number of hydrogen-bond donors (Lipinski definition) is 2.